The molecule has 0 aliphatic carbocycles. The monoisotopic (exact) mass is 330 g/mol. The van der Waals surface area contributed by atoms with Gasteiger partial charge in [0.15, 0.2) is 0 Å². The lowest BCUT2D eigenvalue weighted by Crippen LogP contribution is -2.44. The molecular formula is C6H22B4O12. The lowest BCUT2D eigenvalue weighted by Gasteiger charge is -2.31. The van der Waals surface area contributed by atoms with E-state index >= 15 is 0 Å². The van der Waals surface area contributed by atoms with Gasteiger partial charge in [0.1, 0.15) is 0 Å². The van der Waals surface area contributed by atoms with Crippen molar-refractivity contribution in [1.29, 1.82) is 0 Å². The summed E-state index contributed by atoms with van der Waals surface area (Å²) in [5, 5.41) is 80.1. The minimum Gasteiger partial charge on any atom is -0.402 e. The van der Waals surface area contributed by atoms with Crippen molar-refractivity contribution >= 4 is 29.3 Å². The maximum absolute atomic E-state index is 9.10. The van der Waals surface area contributed by atoms with Gasteiger partial charge in [0.25, 0.3) is 0 Å². The summed E-state index contributed by atoms with van der Waals surface area (Å²) in [5.41, 5.74) is -2.01. The van der Waals surface area contributed by atoms with Crippen LogP contribution >= 0.6 is 0 Å². The molecule has 0 aromatic heterocycles. The molecule has 0 saturated heterocycles. The topological polar surface area (TPSA) is 221 Å². The van der Waals surface area contributed by atoms with Gasteiger partial charge in [0, 0.05) is 0 Å². The van der Waals surface area contributed by atoms with Crippen LogP contribution in [-0.2, 0) is 9.14 Å². The third-order valence-corrected chi connectivity index (χ3v) is 1.98. The van der Waals surface area contributed by atoms with Crippen molar-refractivity contribution in [2.24, 2.45) is 0 Å². The highest BCUT2D eigenvalue weighted by molar-refractivity contribution is 6.48. The summed E-state index contributed by atoms with van der Waals surface area (Å²) in [6, 6.07) is 0. The van der Waals surface area contributed by atoms with Gasteiger partial charge in [0.2, 0.25) is 0 Å². The minimum absolute atomic E-state index is 1.01. The van der Waals surface area contributed by atoms with Gasteiger partial charge >= 0.3 is 29.3 Å². The number of aliphatic hydroxyl groups is 2. The summed E-state index contributed by atoms with van der Waals surface area (Å²) in [7, 11) is -8.50. The zero-order valence-corrected chi connectivity index (χ0v) is 12.6. The summed E-state index contributed by atoms with van der Waals surface area (Å²) < 4.78 is 6.94. The summed E-state index contributed by atoms with van der Waals surface area (Å²) in [5.74, 6) is 0. The smallest absolute Gasteiger partial charge is 0.402 e. The number of hydrogen-bond donors (Lipinski definition) is 10. The quantitative estimate of drug-likeness (QED) is 0.213. The molecule has 22 heavy (non-hydrogen) atoms. The first-order chi connectivity index (χ1) is 9.50. The Hall–Kier alpha value is -0.220. The first-order valence-corrected chi connectivity index (χ1v) is 5.71. The van der Waals surface area contributed by atoms with Crippen molar-refractivity contribution in [2.75, 3.05) is 0 Å². The Morgan fingerprint density at radius 1 is 0.500 bits per heavy atom. The molecule has 0 aliphatic heterocycles. The third-order valence-electron chi connectivity index (χ3n) is 1.98. The summed E-state index contributed by atoms with van der Waals surface area (Å²) in [6.45, 7) is 6.31. The summed E-state index contributed by atoms with van der Waals surface area (Å²) >= 11 is 0. The van der Waals surface area contributed by atoms with Crippen LogP contribution in [0.4, 0.5) is 0 Å². The molecule has 0 bridgehead atoms. The highest BCUT2D eigenvalue weighted by Crippen LogP contribution is 2.19. The van der Waals surface area contributed by atoms with E-state index in [1.165, 1.54) is 0 Å². The molecule has 0 saturated carbocycles. The Morgan fingerprint density at radius 3 is 0.636 bits per heavy atom. The van der Waals surface area contributed by atoms with E-state index in [1.54, 1.807) is 27.7 Å². The van der Waals surface area contributed by atoms with Crippen LogP contribution in [0.2, 0.25) is 0 Å². The van der Waals surface area contributed by atoms with Crippen molar-refractivity contribution in [3.8, 4) is 0 Å². The largest absolute Gasteiger partial charge is 0.621 e. The fourth-order valence-corrected chi connectivity index (χ4v) is 0.218. The van der Waals surface area contributed by atoms with Gasteiger partial charge in [0.05, 0.1) is 11.2 Å². The van der Waals surface area contributed by atoms with Crippen molar-refractivity contribution < 1.29 is 59.5 Å². The van der Waals surface area contributed by atoms with Gasteiger partial charge in [-0.2, -0.15) is 0 Å². The lowest BCUT2D eigenvalue weighted by molar-refractivity contribution is -0.107. The highest BCUT2D eigenvalue weighted by atomic mass is 16.7. The number of rotatable bonds is 5. The molecule has 12 nitrogen and oxygen atoms in total. The molecule has 130 valence electrons. The predicted molar refractivity (Wildman–Crippen MR) is 75.5 cm³/mol. The van der Waals surface area contributed by atoms with Gasteiger partial charge in [-0.05, 0) is 27.7 Å². The first kappa shape index (κ1) is 26.7. The standard InChI is InChI=1S/C6H14O2.2B2H4O5/c1-5(2,7)6(3,4)8;2*3-1(4)7-2(5)6/h7-8H,1-4H3;2*3-6H. The van der Waals surface area contributed by atoms with E-state index in [4.69, 9.17) is 50.4 Å². The molecule has 0 aliphatic rings. The molecule has 0 atom stereocenters. The van der Waals surface area contributed by atoms with Crippen LogP contribution in [0.3, 0.4) is 0 Å². The maximum atomic E-state index is 9.10. The SMILES string of the molecule is CC(C)(O)C(C)(C)O.OB(O)OB(O)O.OB(O)OB(O)O. The van der Waals surface area contributed by atoms with Crippen molar-refractivity contribution in [1.82, 2.24) is 0 Å². The molecule has 0 heterocycles. The second-order valence-corrected chi connectivity index (χ2v) is 4.70. The minimum atomic E-state index is -2.13. The van der Waals surface area contributed by atoms with Gasteiger partial charge in [-0.25, -0.2) is 0 Å². The average molecular weight is 329 g/mol. The highest BCUT2D eigenvalue weighted by Gasteiger charge is 2.31. The third kappa shape index (κ3) is 24.8. The van der Waals surface area contributed by atoms with E-state index in [9.17, 15) is 0 Å². The fourth-order valence-electron chi connectivity index (χ4n) is 0.218. The Morgan fingerprint density at radius 2 is 0.636 bits per heavy atom. The Balaban J connectivity index is -0.000000247. The van der Waals surface area contributed by atoms with Crippen LogP contribution in [0.25, 0.3) is 0 Å². The van der Waals surface area contributed by atoms with E-state index in [1.807, 2.05) is 0 Å². The number of hydrogen-bond acceptors (Lipinski definition) is 12. The molecule has 0 rings (SSSR count). The molecule has 16 heteroatoms. The fraction of sp³-hybridized carbons (Fsp3) is 1.00. The van der Waals surface area contributed by atoms with Crippen LogP contribution in [0.1, 0.15) is 27.7 Å². The Labute approximate surface area is 128 Å². The van der Waals surface area contributed by atoms with E-state index in [0.29, 0.717) is 0 Å². The van der Waals surface area contributed by atoms with E-state index in [-0.39, 0.29) is 0 Å². The summed E-state index contributed by atoms with van der Waals surface area (Å²) in [4.78, 5) is 0. The second kappa shape index (κ2) is 12.2. The molecule has 0 amide bonds. The van der Waals surface area contributed by atoms with Gasteiger partial charge in [-0.15, -0.1) is 0 Å². The Bertz CT molecular complexity index is 211. The zero-order chi connectivity index (χ0) is 18.7. The second-order valence-electron chi connectivity index (χ2n) is 4.70. The van der Waals surface area contributed by atoms with Crippen LogP contribution in [0.15, 0.2) is 0 Å². The average Bonchev–Trinajstić information content (AvgIpc) is 2.09. The van der Waals surface area contributed by atoms with Crippen molar-refractivity contribution in [3.05, 3.63) is 0 Å². The summed E-state index contributed by atoms with van der Waals surface area (Å²) in [6.07, 6.45) is 0. The van der Waals surface area contributed by atoms with Crippen LogP contribution in [0.5, 0.6) is 0 Å². The molecule has 0 aromatic carbocycles. The van der Waals surface area contributed by atoms with Crippen LogP contribution < -0.4 is 0 Å². The molecular weight excluding hydrogens is 307 g/mol. The van der Waals surface area contributed by atoms with Gasteiger partial charge in [-0.3, -0.25) is 0 Å². The first-order valence-electron chi connectivity index (χ1n) is 5.71. The van der Waals surface area contributed by atoms with E-state index in [2.05, 4.69) is 9.14 Å². The molecule has 10 N–H and O–H groups in total. The Kier molecular flexibility index (Phi) is 14.8. The van der Waals surface area contributed by atoms with E-state index in [0.717, 1.165) is 0 Å². The van der Waals surface area contributed by atoms with Gasteiger partial charge in [-0.1, -0.05) is 0 Å². The zero-order valence-electron chi connectivity index (χ0n) is 12.6. The molecule has 0 fully saturated rings. The van der Waals surface area contributed by atoms with Crippen molar-refractivity contribution in [3.63, 3.8) is 0 Å². The van der Waals surface area contributed by atoms with E-state index < -0.39 is 40.5 Å². The maximum Gasteiger partial charge on any atom is 0.621 e. The lowest BCUT2D eigenvalue weighted by atomic mass is 9.90. The molecule has 0 aromatic rings. The van der Waals surface area contributed by atoms with Crippen molar-refractivity contribution in [2.45, 2.75) is 38.9 Å². The molecule has 0 spiro atoms. The van der Waals surface area contributed by atoms with Crippen LogP contribution in [0, 0.1) is 0 Å². The molecule has 0 unspecified atom stereocenters. The van der Waals surface area contributed by atoms with Gasteiger partial charge < -0.3 is 59.5 Å². The molecule has 0 radical (unpaired) electrons. The predicted octanol–water partition coefficient (Wildman–Crippen LogP) is -5.59. The van der Waals surface area contributed by atoms with Crippen LogP contribution in [-0.4, -0.2) is 90.9 Å². The normalized spacial score (nSPS) is 10.6.